The summed E-state index contributed by atoms with van der Waals surface area (Å²) in [5, 5.41) is 4.65. The fourth-order valence-electron chi connectivity index (χ4n) is 3.04. The molecular weight excluding hydrogens is 363 g/mol. The van der Waals surface area contributed by atoms with Gasteiger partial charge in [0.15, 0.2) is 0 Å². The lowest BCUT2D eigenvalue weighted by molar-refractivity contribution is 0.369. The van der Waals surface area contributed by atoms with E-state index in [9.17, 15) is 9.18 Å². The summed E-state index contributed by atoms with van der Waals surface area (Å²) < 4.78 is 26.0. The molecular formula is C20H13FN4O3. The third kappa shape index (κ3) is 2.58. The number of fused-ring (bicyclic) bond motifs is 3. The monoisotopic (exact) mass is 376 g/mol. The van der Waals surface area contributed by atoms with Crippen LogP contribution in [0.2, 0.25) is 0 Å². The number of benzene rings is 2. The number of furan rings is 1. The third-order valence-corrected chi connectivity index (χ3v) is 4.55. The summed E-state index contributed by atoms with van der Waals surface area (Å²) in [5.74, 6) is 0.106. The van der Waals surface area contributed by atoms with Gasteiger partial charge in [-0.2, -0.15) is 4.98 Å². The highest BCUT2D eigenvalue weighted by atomic mass is 19.1. The molecule has 0 fully saturated rings. The van der Waals surface area contributed by atoms with Crippen LogP contribution in [-0.4, -0.2) is 19.7 Å². The van der Waals surface area contributed by atoms with Crippen LogP contribution in [0.3, 0.4) is 0 Å². The summed E-state index contributed by atoms with van der Waals surface area (Å²) in [7, 11) is 0. The second kappa shape index (κ2) is 6.12. The van der Waals surface area contributed by atoms with Gasteiger partial charge in [0, 0.05) is 10.9 Å². The van der Waals surface area contributed by atoms with Crippen molar-refractivity contribution in [2.45, 2.75) is 13.5 Å². The molecule has 3 aromatic heterocycles. The lowest BCUT2D eigenvalue weighted by atomic mass is 10.1. The third-order valence-electron chi connectivity index (χ3n) is 4.55. The molecule has 0 atom stereocenters. The molecule has 8 heteroatoms. The molecule has 0 radical (unpaired) electrons. The Morgan fingerprint density at radius 2 is 2.04 bits per heavy atom. The van der Waals surface area contributed by atoms with E-state index in [-0.39, 0.29) is 35.2 Å². The maximum atomic E-state index is 13.8. The minimum Gasteiger partial charge on any atom is -0.448 e. The molecule has 0 aliphatic heterocycles. The normalized spacial score (nSPS) is 11.5. The summed E-state index contributed by atoms with van der Waals surface area (Å²) in [6.45, 7) is 1.70. The first-order valence-electron chi connectivity index (χ1n) is 8.56. The van der Waals surface area contributed by atoms with Crippen LogP contribution in [0.15, 0.2) is 62.5 Å². The average molecular weight is 376 g/mol. The van der Waals surface area contributed by atoms with E-state index in [1.54, 1.807) is 25.1 Å². The lowest BCUT2D eigenvalue weighted by Gasteiger charge is -2.00. The van der Waals surface area contributed by atoms with Crippen molar-refractivity contribution >= 4 is 22.1 Å². The Hall–Kier alpha value is -3.81. The molecule has 0 spiro atoms. The zero-order valence-corrected chi connectivity index (χ0v) is 14.7. The molecule has 0 amide bonds. The minimum atomic E-state index is -0.348. The van der Waals surface area contributed by atoms with E-state index in [1.165, 1.54) is 17.0 Å². The molecule has 0 N–H and O–H groups in total. The molecule has 138 valence electrons. The number of aromatic nitrogens is 4. The van der Waals surface area contributed by atoms with Crippen LogP contribution in [0, 0.1) is 12.7 Å². The van der Waals surface area contributed by atoms with Crippen molar-refractivity contribution in [3.63, 3.8) is 0 Å². The lowest BCUT2D eigenvalue weighted by Crippen LogP contribution is -2.20. The number of hydrogen-bond acceptors (Lipinski definition) is 6. The van der Waals surface area contributed by atoms with E-state index in [1.807, 2.05) is 18.2 Å². The van der Waals surface area contributed by atoms with Crippen LogP contribution in [0.5, 0.6) is 0 Å². The van der Waals surface area contributed by atoms with Gasteiger partial charge in [-0.05, 0) is 30.7 Å². The van der Waals surface area contributed by atoms with Gasteiger partial charge in [-0.3, -0.25) is 9.36 Å². The molecule has 0 bridgehead atoms. The maximum Gasteiger partial charge on any atom is 0.297 e. The molecule has 28 heavy (non-hydrogen) atoms. The van der Waals surface area contributed by atoms with Crippen molar-refractivity contribution in [2.75, 3.05) is 0 Å². The predicted octanol–water partition coefficient (Wildman–Crippen LogP) is 3.69. The number of para-hydroxylation sites is 1. The zero-order chi connectivity index (χ0) is 19.3. The summed E-state index contributed by atoms with van der Waals surface area (Å²) in [6, 6.07) is 12.0. The standard InChI is InChI=1S/C20H13FN4O3/c1-11-6-7-12(8-14(11)21)19-23-16(28-24-19)9-25-10-22-17-13-4-2-3-5-15(13)27-18(17)20(25)26/h2-8,10H,9H2,1H3. The van der Waals surface area contributed by atoms with Gasteiger partial charge in [0.05, 0.1) is 6.33 Å². The molecule has 3 heterocycles. The predicted molar refractivity (Wildman–Crippen MR) is 99.3 cm³/mol. The fraction of sp³-hybridized carbons (Fsp3) is 0.100. The van der Waals surface area contributed by atoms with E-state index in [0.717, 1.165) is 5.39 Å². The summed E-state index contributed by atoms with van der Waals surface area (Å²) in [4.78, 5) is 21.3. The minimum absolute atomic E-state index is 0.0279. The van der Waals surface area contributed by atoms with Gasteiger partial charge in [-0.25, -0.2) is 9.37 Å². The van der Waals surface area contributed by atoms with Crippen LogP contribution in [-0.2, 0) is 6.54 Å². The van der Waals surface area contributed by atoms with Gasteiger partial charge in [0.25, 0.3) is 5.56 Å². The Morgan fingerprint density at radius 3 is 2.89 bits per heavy atom. The van der Waals surface area contributed by atoms with Gasteiger partial charge >= 0.3 is 0 Å². The Kier molecular flexibility index (Phi) is 3.58. The van der Waals surface area contributed by atoms with E-state index in [4.69, 9.17) is 8.94 Å². The van der Waals surface area contributed by atoms with E-state index < -0.39 is 0 Å². The number of hydrogen-bond donors (Lipinski definition) is 0. The average Bonchev–Trinajstić information content (AvgIpc) is 3.31. The van der Waals surface area contributed by atoms with Crippen molar-refractivity contribution < 1.29 is 13.3 Å². The number of aryl methyl sites for hydroxylation is 1. The molecule has 0 aliphatic carbocycles. The van der Waals surface area contributed by atoms with Crippen molar-refractivity contribution in [1.29, 1.82) is 0 Å². The molecule has 0 saturated carbocycles. The highest BCUT2D eigenvalue weighted by Crippen LogP contribution is 2.24. The number of rotatable bonds is 3. The van der Waals surface area contributed by atoms with Gasteiger partial charge in [0.1, 0.15) is 23.5 Å². The molecule has 5 rings (SSSR count). The highest BCUT2D eigenvalue weighted by molar-refractivity contribution is 6.01. The Morgan fingerprint density at radius 1 is 1.18 bits per heavy atom. The van der Waals surface area contributed by atoms with Crippen molar-refractivity contribution in [1.82, 2.24) is 19.7 Å². The van der Waals surface area contributed by atoms with Gasteiger partial charge in [-0.1, -0.05) is 29.4 Å². The van der Waals surface area contributed by atoms with Crippen LogP contribution in [0.4, 0.5) is 4.39 Å². The van der Waals surface area contributed by atoms with Gasteiger partial charge in [0.2, 0.25) is 17.3 Å². The molecule has 5 aromatic rings. The highest BCUT2D eigenvalue weighted by Gasteiger charge is 2.16. The first-order chi connectivity index (χ1) is 13.6. The Bertz CT molecular complexity index is 1400. The van der Waals surface area contributed by atoms with E-state index in [2.05, 4.69) is 15.1 Å². The van der Waals surface area contributed by atoms with Crippen molar-refractivity contribution in [2.24, 2.45) is 0 Å². The summed E-state index contributed by atoms with van der Waals surface area (Å²) in [5.41, 5.74) is 1.96. The first kappa shape index (κ1) is 16.4. The second-order valence-corrected chi connectivity index (χ2v) is 6.43. The topological polar surface area (TPSA) is 87.0 Å². The van der Waals surface area contributed by atoms with Crippen molar-refractivity contribution in [3.8, 4) is 11.4 Å². The molecule has 7 nitrogen and oxygen atoms in total. The number of halogens is 1. The second-order valence-electron chi connectivity index (χ2n) is 6.43. The molecule has 0 saturated heterocycles. The maximum absolute atomic E-state index is 13.8. The van der Waals surface area contributed by atoms with Crippen LogP contribution in [0.25, 0.3) is 33.5 Å². The smallest absolute Gasteiger partial charge is 0.297 e. The number of nitrogens with zero attached hydrogens (tertiary/aromatic N) is 4. The molecule has 2 aromatic carbocycles. The van der Waals surface area contributed by atoms with Crippen LogP contribution in [0.1, 0.15) is 11.5 Å². The summed E-state index contributed by atoms with van der Waals surface area (Å²) in [6.07, 6.45) is 1.42. The van der Waals surface area contributed by atoms with Crippen molar-refractivity contribution in [3.05, 3.63) is 76.4 Å². The quantitative estimate of drug-likeness (QED) is 0.477. The summed E-state index contributed by atoms with van der Waals surface area (Å²) >= 11 is 0. The molecule has 0 unspecified atom stereocenters. The van der Waals surface area contributed by atoms with Gasteiger partial charge in [-0.15, -0.1) is 0 Å². The SMILES string of the molecule is Cc1ccc(-c2noc(Cn3cnc4c(oc5ccccc54)c3=O)n2)cc1F. The Balaban J connectivity index is 1.51. The first-order valence-corrected chi connectivity index (χ1v) is 8.56. The van der Waals surface area contributed by atoms with Crippen LogP contribution < -0.4 is 5.56 Å². The Labute approximate surface area is 157 Å². The fourth-order valence-corrected chi connectivity index (χ4v) is 3.04. The van der Waals surface area contributed by atoms with E-state index in [0.29, 0.717) is 22.2 Å². The van der Waals surface area contributed by atoms with Crippen LogP contribution >= 0.6 is 0 Å². The van der Waals surface area contributed by atoms with E-state index >= 15 is 0 Å². The molecule has 0 aliphatic rings. The van der Waals surface area contributed by atoms with Gasteiger partial charge < -0.3 is 8.94 Å². The largest absolute Gasteiger partial charge is 0.448 e. The zero-order valence-electron chi connectivity index (χ0n) is 14.7.